The molecule has 0 bridgehead atoms. The number of nitrogens with one attached hydrogen (secondary N) is 2. The molecule has 32 heavy (non-hydrogen) atoms. The lowest BCUT2D eigenvalue weighted by Crippen LogP contribution is -2.45. The molecule has 2 N–H and O–H groups in total. The van der Waals surface area contributed by atoms with Gasteiger partial charge in [-0.15, -0.1) is 0 Å². The van der Waals surface area contributed by atoms with Gasteiger partial charge in [0.05, 0.1) is 4.90 Å². The Hall–Kier alpha value is -3.21. The zero-order valence-corrected chi connectivity index (χ0v) is 18.0. The van der Waals surface area contributed by atoms with Gasteiger partial charge in [0, 0.05) is 30.5 Å². The summed E-state index contributed by atoms with van der Waals surface area (Å²) in [5, 5.41) is 4.15. The first kappa shape index (κ1) is 20.7. The average molecular weight is 455 g/mol. The van der Waals surface area contributed by atoms with E-state index in [0.717, 1.165) is 30.5 Å². The Kier molecular flexibility index (Phi) is 5.20. The predicted octanol–water partition coefficient (Wildman–Crippen LogP) is 1.70. The number of aromatic nitrogens is 1. The number of carbonyl (C=O) groups is 2. The summed E-state index contributed by atoms with van der Waals surface area (Å²) < 4.78 is 27.1. The number of benzene rings is 2. The van der Waals surface area contributed by atoms with Crippen molar-refractivity contribution in [3.8, 4) is 0 Å². The summed E-state index contributed by atoms with van der Waals surface area (Å²) in [7, 11) is -4.27. The molecule has 5 rings (SSSR count). The van der Waals surface area contributed by atoms with Crippen LogP contribution in [0.1, 0.15) is 17.5 Å². The number of hydrogen-bond donors (Lipinski definition) is 2. The third-order valence-electron chi connectivity index (χ3n) is 6.03. The van der Waals surface area contributed by atoms with Crippen molar-refractivity contribution in [1.82, 2.24) is 14.8 Å². The van der Waals surface area contributed by atoms with Crippen molar-refractivity contribution in [3.63, 3.8) is 0 Å². The Bertz CT molecular complexity index is 1300. The van der Waals surface area contributed by atoms with Crippen molar-refractivity contribution in [3.05, 3.63) is 59.8 Å². The van der Waals surface area contributed by atoms with E-state index in [1.807, 2.05) is 24.3 Å². The highest BCUT2D eigenvalue weighted by Crippen LogP contribution is 2.31. The molecule has 1 fully saturated rings. The van der Waals surface area contributed by atoms with E-state index in [-0.39, 0.29) is 17.8 Å². The monoisotopic (exact) mass is 454 g/mol. The fourth-order valence-corrected chi connectivity index (χ4v) is 5.78. The molecular formula is C22H22N4O5S. The van der Waals surface area contributed by atoms with Crippen LogP contribution in [0.25, 0.3) is 10.9 Å². The van der Waals surface area contributed by atoms with E-state index in [2.05, 4.69) is 10.3 Å². The number of hydrogen-bond acceptors (Lipinski definition) is 6. The highest BCUT2D eigenvalue weighted by molar-refractivity contribution is 7.89. The van der Waals surface area contributed by atoms with Crippen LogP contribution in [0.15, 0.2) is 53.6 Å². The third-order valence-corrected chi connectivity index (χ3v) is 7.69. The van der Waals surface area contributed by atoms with Gasteiger partial charge in [0.2, 0.25) is 5.91 Å². The van der Waals surface area contributed by atoms with Gasteiger partial charge in [-0.1, -0.05) is 12.1 Å². The molecule has 0 aliphatic carbocycles. The summed E-state index contributed by atoms with van der Waals surface area (Å²) >= 11 is 0. The number of nitrogens with zero attached hydrogens (tertiary/aromatic N) is 2. The van der Waals surface area contributed by atoms with E-state index in [0.29, 0.717) is 22.2 Å². The maximum atomic E-state index is 13.3. The Morgan fingerprint density at radius 3 is 2.84 bits per heavy atom. The minimum atomic E-state index is -4.27. The second kappa shape index (κ2) is 8.05. The number of H-pyrrole nitrogens is 1. The number of amides is 1. The molecule has 0 spiro atoms. The zero-order valence-electron chi connectivity index (χ0n) is 17.2. The minimum absolute atomic E-state index is 0.0330. The summed E-state index contributed by atoms with van der Waals surface area (Å²) in [5.41, 5.74) is 3.69. The second-order valence-electron chi connectivity index (χ2n) is 7.86. The van der Waals surface area contributed by atoms with Crippen LogP contribution in [0.2, 0.25) is 0 Å². The van der Waals surface area contributed by atoms with Crippen LogP contribution >= 0.6 is 0 Å². The minimum Gasteiger partial charge on any atom is -0.361 e. The lowest BCUT2D eigenvalue weighted by molar-refractivity contribution is -0.160. The molecule has 0 unspecified atom stereocenters. The van der Waals surface area contributed by atoms with E-state index < -0.39 is 22.0 Å². The van der Waals surface area contributed by atoms with Gasteiger partial charge >= 0.3 is 6.47 Å². The van der Waals surface area contributed by atoms with Crippen molar-refractivity contribution < 1.29 is 22.8 Å². The Labute approximate surface area is 185 Å². The van der Waals surface area contributed by atoms with Gasteiger partial charge in [-0.3, -0.25) is 9.59 Å². The maximum Gasteiger partial charge on any atom is 0.314 e. The molecule has 1 atom stereocenters. The quantitative estimate of drug-likeness (QED) is 0.433. The molecule has 166 valence electrons. The molecule has 1 aromatic heterocycles. The molecule has 3 aromatic rings. The molecule has 3 heterocycles. The van der Waals surface area contributed by atoms with E-state index in [9.17, 15) is 18.0 Å². The first-order valence-electron chi connectivity index (χ1n) is 10.3. The topological polar surface area (TPSA) is 112 Å². The molecular weight excluding hydrogens is 432 g/mol. The largest absolute Gasteiger partial charge is 0.361 e. The summed E-state index contributed by atoms with van der Waals surface area (Å²) in [6.45, 7) is 2.00. The van der Waals surface area contributed by atoms with Crippen molar-refractivity contribution in [2.45, 2.75) is 30.3 Å². The van der Waals surface area contributed by atoms with Crippen molar-refractivity contribution >= 4 is 39.0 Å². The lowest BCUT2D eigenvalue weighted by atomic mass is 10.0. The normalized spacial score (nSPS) is 18.8. The molecule has 0 saturated carbocycles. The van der Waals surface area contributed by atoms with Gasteiger partial charge in [0.25, 0.3) is 10.0 Å². The standard InChI is InChI=1S/C22H22N4O5S/c27-14-31-26(32(29,30)19-4-2-16-6-9-24-20(16)12-19)21-7-10-25(22(21)28)18-3-1-15-5-8-23-13-17(15)11-18/h1-4,6,9,11-12,14,21,23-24H,5,7-8,10,13H2/t21-/m0/s1. The van der Waals surface area contributed by atoms with Gasteiger partial charge in [-0.2, -0.15) is 0 Å². The number of carbonyl (C=O) groups excluding carboxylic acids is 2. The van der Waals surface area contributed by atoms with Crippen LogP contribution < -0.4 is 10.2 Å². The van der Waals surface area contributed by atoms with E-state index in [1.54, 1.807) is 17.2 Å². The van der Waals surface area contributed by atoms with Gasteiger partial charge in [0.1, 0.15) is 6.04 Å². The average Bonchev–Trinajstić information content (AvgIpc) is 3.43. The highest BCUT2D eigenvalue weighted by atomic mass is 32.2. The first-order chi connectivity index (χ1) is 15.5. The molecule has 2 aliphatic heterocycles. The van der Waals surface area contributed by atoms with Crippen molar-refractivity contribution in [2.75, 3.05) is 18.0 Å². The first-order valence-corrected chi connectivity index (χ1v) is 11.8. The van der Waals surface area contributed by atoms with Crippen molar-refractivity contribution in [2.24, 2.45) is 0 Å². The maximum absolute atomic E-state index is 13.3. The van der Waals surface area contributed by atoms with E-state index in [4.69, 9.17) is 4.84 Å². The molecule has 0 radical (unpaired) electrons. The molecule has 9 nitrogen and oxygen atoms in total. The molecule has 10 heteroatoms. The van der Waals surface area contributed by atoms with Crippen LogP contribution in [-0.2, 0) is 37.4 Å². The summed E-state index contributed by atoms with van der Waals surface area (Å²) in [4.78, 5) is 33.7. The Morgan fingerprint density at radius 2 is 2.00 bits per heavy atom. The molecule has 1 amide bonds. The Morgan fingerprint density at radius 1 is 1.12 bits per heavy atom. The number of sulfonamides is 1. The molecule has 1 saturated heterocycles. The van der Waals surface area contributed by atoms with Crippen LogP contribution in [-0.4, -0.2) is 49.4 Å². The number of hydroxylamine groups is 1. The smallest absolute Gasteiger partial charge is 0.314 e. The predicted molar refractivity (Wildman–Crippen MR) is 117 cm³/mol. The fraction of sp³-hybridized carbons (Fsp3) is 0.273. The molecule has 2 aromatic carbocycles. The van der Waals surface area contributed by atoms with Crippen molar-refractivity contribution in [1.29, 1.82) is 0 Å². The van der Waals surface area contributed by atoms with Crippen LogP contribution in [0.5, 0.6) is 0 Å². The number of rotatable bonds is 6. The van der Waals surface area contributed by atoms with Gasteiger partial charge in [-0.25, -0.2) is 8.42 Å². The summed E-state index contributed by atoms with van der Waals surface area (Å²) in [6, 6.07) is 11.1. The van der Waals surface area contributed by atoms with E-state index >= 15 is 0 Å². The van der Waals surface area contributed by atoms with Crippen LogP contribution in [0.3, 0.4) is 0 Å². The van der Waals surface area contributed by atoms with Gasteiger partial charge < -0.3 is 20.0 Å². The lowest BCUT2D eigenvalue weighted by Gasteiger charge is -2.25. The third kappa shape index (κ3) is 3.46. The van der Waals surface area contributed by atoms with E-state index in [1.165, 1.54) is 17.7 Å². The second-order valence-corrected chi connectivity index (χ2v) is 9.64. The van der Waals surface area contributed by atoms with Crippen LogP contribution in [0, 0.1) is 0 Å². The number of aromatic amines is 1. The number of anilines is 1. The SMILES string of the molecule is O=CON([C@H]1CCN(c2ccc3c(c2)CNCC3)C1=O)S(=O)(=O)c1ccc2cc[nH]c2c1. The molecule has 2 aliphatic rings. The van der Waals surface area contributed by atoms with Gasteiger partial charge in [-0.05, 0) is 70.7 Å². The number of fused-ring (bicyclic) bond motifs is 2. The van der Waals surface area contributed by atoms with Crippen LogP contribution in [0.4, 0.5) is 5.69 Å². The fourth-order valence-electron chi connectivity index (χ4n) is 4.38. The zero-order chi connectivity index (χ0) is 22.3. The Balaban J connectivity index is 1.45. The highest BCUT2D eigenvalue weighted by Gasteiger charge is 2.44. The summed E-state index contributed by atoms with van der Waals surface area (Å²) in [6.07, 6.45) is 2.83. The summed E-state index contributed by atoms with van der Waals surface area (Å²) in [5.74, 6) is -0.430. The van der Waals surface area contributed by atoms with Gasteiger partial charge in [0.15, 0.2) is 0 Å².